The lowest BCUT2D eigenvalue weighted by Crippen LogP contribution is -2.19. The second-order valence-electron chi connectivity index (χ2n) is 2.94. The average Bonchev–Trinajstić information content (AvgIpc) is 2.02. The van der Waals surface area contributed by atoms with Crippen LogP contribution in [0.4, 0.5) is 4.39 Å². The van der Waals surface area contributed by atoms with Gasteiger partial charge in [-0.1, -0.05) is 12.1 Å². The van der Waals surface area contributed by atoms with E-state index in [-0.39, 0.29) is 5.56 Å². The molecule has 1 aromatic rings. The smallest absolute Gasteiger partial charge is 0.318 e. The molecule has 0 aliphatic rings. The first kappa shape index (κ1) is 10.4. The molecule has 1 N–H and O–H groups in total. The zero-order chi connectivity index (χ0) is 10.7. The Kier molecular flexibility index (Phi) is 2.96. The molecule has 0 bridgehead atoms. The molecule has 0 radical (unpaired) electrons. The zero-order valence-corrected chi connectivity index (χ0v) is 7.53. The van der Waals surface area contributed by atoms with Gasteiger partial charge in [-0.2, -0.15) is 0 Å². The van der Waals surface area contributed by atoms with E-state index in [1.165, 1.54) is 25.1 Å². The molecular weight excluding hydrogens is 187 g/mol. The van der Waals surface area contributed by atoms with Gasteiger partial charge < -0.3 is 5.11 Å². The number of ketones is 1. The lowest BCUT2D eigenvalue weighted by Gasteiger charge is -2.08. The summed E-state index contributed by atoms with van der Waals surface area (Å²) in [5.74, 6) is -3.59. The number of aliphatic carboxylic acids is 1. The highest BCUT2D eigenvalue weighted by Crippen LogP contribution is 2.17. The van der Waals surface area contributed by atoms with Crippen molar-refractivity contribution in [2.24, 2.45) is 0 Å². The van der Waals surface area contributed by atoms with Crippen LogP contribution in [-0.2, 0) is 9.59 Å². The van der Waals surface area contributed by atoms with Crippen molar-refractivity contribution < 1.29 is 19.1 Å². The summed E-state index contributed by atoms with van der Waals surface area (Å²) in [4.78, 5) is 21.7. The van der Waals surface area contributed by atoms with E-state index in [2.05, 4.69) is 0 Å². The van der Waals surface area contributed by atoms with Crippen molar-refractivity contribution in [3.8, 4) is 0 Å². The SMILES string of the molecule is CC(=O)C(C(=O)O)c1cccc(F)c1. The minimum atomic E-state index is -1.27. The van der Waals surface area contributed by atoms with E-state index in [1.807, 2.05) is 0 Å². The lowest BCUT2D eigenvalue weighted by atomic mass is 9.96. The molecule has 1 unspecified atom stereocenters. The summed E-state index contributed by atoms with van der Waals surface area (Å²) >= 11 is 0. The lowest BCUT2D eigenvalue weighted by molar-refractivity contribution is -0.142. The van der Waals surface area contributed by atoms with Gasteiger partial charge in [-0.3, -0.25) is 9.59 Å². The first-order valence-corrected chi connectivity index (χ1v) is 4.01. The van der Waals surface area contributed by atoms with Crippen LogP contribution in [0.15, 0.2) is 24.3 Å². The summed E-state index contributed by atoms with van der Waals surface area (Å²) in [6.45, 7) is 1.17. The molecule has 1 atom stereocenters. The Bertz CT molecular complexity index is 359. The summed E-state index contributed by atoms with van der Waals surface area (Å²) in [5, 5.41) is 8.74. The maximum Gasteiger partial charge on any atom is 0.318 e. The van der Waals surface area contributed by atoms with Gasteiger partial charge >= 0.3 is 5.97 Å². The Hall–Kier alpha value is -1.71. The monoisotopic (exact) mass is 196 g/mol. The molecule has 0 amide bonds. The topological polar surface area (TPSA) is 54.4 Å². The van der Waals surface area contributed by atoms with Crippen LogP contribution in [0, 0.1) is 5.82 Å². The van der Waals surface area contributed by atoms with Crippen molar-refractivity contribution in [3.05, 3.63) is 35.6 Å². The quantitative estimate of drug-likeness (QED) is 0.747. The number of hydrogen-bond acceptors (Lipinski definition) is 2. The molecular formula is C10H9FO3. The predicted octanol–water partition coefficient (Wildman–Crippen LogP) is 1.58. The summed E-state index contributed by atoms with van der Waals surface area (Å²) in [5.41, 5.74) is 0.171. The standard InChI is InChI=1S/C10H9FO3/c1-6(12)9(10(13)14)7-3-2-4-8(11)5-7/h2-5,9H,1H3,(H,13,14). The molecule has 0 saturated heterocycles. The van der Waals surface area contributed by atoms with E-state index in [4.69, 9.17) is 5.11 Å². The Morgan fingerprint density at radius 3 is 2.50 bits per heavy atom. The molecule has 1 rings (SSSR count). The third-order valence-corrected chi connectivity index (χ3v) is 1.84. The third kappa shape index (κ3) is 2.16. The zero-order valence-electron chi connectivity index (χ0n) is 7.53. The van der Waals surface area contributed by atoms with E-state index in [0.717, 1.165) is 6.07 Å². The minimum absolute atomic E-state index is 0.171. The van der Waals surface area contributed by atoms with Gasteiger partial charge in [0.05, 0.1) is 0 Å². The van der Waals surface area contributed by atoms with Crippen LogP contribution in [-0.4, -0.2) is 16.9 Å². The van der Waals surface area contributed by atoms with Crippen LogP contribution >= 0.6 is 0 Å². The largest absolute Gasteiger partial charge is 0.480 e. The van der Waals surface area contributed by atoms with Crippen molar-refractivity contribution in [2.45, 2.75) is 12.8 Å². The Labute approximate surface area is 80.2 Å². The Morgan fingerprint density at radius 1 is 1.43 bits per heavy atom. The third-order valence-electron chi connectivity index (χ3n) is 1.84. The molecule has 0 aliphatic carbocycles. The molecule has 3 nitrogen and oxygen atoms in total. The number of hydrogen-bond donors (Lipinski definition) is 1. The fourth-order valence-corrected chi connectivity index (χ4v) is 1.24. The van der Waals surface area contributed by atoms with Crippen molar-refractivity contribution in [1.29, 1.82) is 0 Å². The van der Waals surface area contributed by atoms with Gasteiger partial charge in [0.1, 0.15) is 17.5 Å². The van der Waals surface area contributed by atoms with Crippen LogP contribution in [0.1, 0.15) is 18.4 Å². The van der Waals surface area contributed by atoms with Crippen molar-refractivity contribution in [3.63, 3.8) is 0 Å². The van der Waals surface area contributed by atoms with E-state index >= 15 is 0 Å². The number of carboxylic acids is 1. The second kappa shape index (κ2) is 4.00. The summed E-state index contributed by atoms with van der Waals surface area (Å²) < 4.78 is 12.8. The number of carbonyl (C=O) groups excluding carboxylic acids is 1. The number of benzene rings is 1. The number of carbonyl (C=O) groups is 2. The summed E-state index contributed by atoms with van der Waals surface area (Å²) in [7, 11) is 0. The highest BCUT2D eigenvalue weighted by molar-refractivity contribution is 6.02. The van der Waals surface area contributed by atoms with Gasteiger partial charge in [-0.05, 0) is 24.6 Å². The normalized spacial score (nSPS) is 12.1. The summed E-state index contributed by atoms with van der Waals surface area (Å²) in [6.07, 6.45) is 0. The van der Waals surface area contributed by atoms with Gasteiger partial charge in [-0.25, -0.2) is 4.39 Å². The number of carboxylic acid groups (broad SMARTS) is 1. The number of Topliss-reactive ketones (excluding diaryl/α,β-unsaturated/α-hetero) is 1. The van der Waals surface area contributed by atoms with E-state index in [0.29, 0.717) is 0 Å². The molecule has 14 heavy (non-hydrogen) atoms. The fourth-order valence-electron chi connectivity index (χ4n) is 1.24. The molecule has 4 heteroatoms. The van der Waals surface area contributed by atoms with Crippen LogP contribution in [0.3, 0.4) is 0 Å². The van der Waals surface area contributed by atoms with Crippen molar-refractivity contribution >= 4 is 11.8 Å². The van der Waals surface area contributed by atoms with Gasteiger partial charge in [0.25, 0.3) is 0 Å². The van der Waals surface area contributed by atoms with Crippen molar-refractivity contribution in [2.75, 3.05) is 0 Å². The highest BCUT2D eigenvalue weighted by Gasteiger charge is 2.24. The Balaban J connectivity index is 3.12. The maximum absolute atomic E-state index is 12.8. The maximum atomic E-state index is 12.8. The summed E-state index contributed by atoms with van der Waals surface area (Å²) in [6, 6.07) is 5.05. The van der Waals surface area contributed by atoms with Gasteiger partial charge in [0.15, 0.2) is 0 Å². The second-order valence-corrected chi connectivity index (χ2v) is 2.94. The molecule has 74 valence electrons. The van der Waals surface area contributed by atoms with E-state index < -0.39 is 23.5 Å². The first-order valence-electron chi connectivity index (χ1n) is 4.01. The number of rotatable bonds is 3. The van der Waals surface area contributed by atoms with Crippen LogP contribution in [0.25, 0.3) is 0 Å². The van der Waals surface area contributed by atoms with Gasteiger partial charge in [0, 0.05) is 0 Å². The van der Waals surface area contributed by atoms with Crippen molar-refractivity contribution in [1.82, 2.24) is 0 Å². The molecule has 0 aliphatic heterocycles. The van der Waals surface area contributed by atoms with Crippen LogP contribution in [0.5, 0.6) is 0 Å². The predicted molar refractivity (Wildman–Crippen MR) is 47.5 cm³/mol. The van der Waals surface area contributed by atoms with E-state index in [1.54, 1.807) is 0 Å². The Morgan fingerprint density at radius 2 is 2.07 bits per heavy atom. The molecule has 0 spiro atoms. The molecule has 0 aromatic heterocycles. The molecule has 1 aromatic carbocycles. The first-order chi connectivity index (χ1) is 6.52. The molecule has 0 saturated carbocycles. The fraction of sp³-hybridized carbons (Fsp3) is 0.200. The van der Waals surface area contributed by atoms with Gasteiger partial charge in [-0.15, -0.1) is 0 Å². The highest BCUT2D eigenvalue weighted by atomic mass is 19.1. The van der Waals surface area contributed by atoms with Gasteiger partial charge in [0.2, 0.25) is 0 Å². The van der Waals surface area contributed by atoms with E-state index in [9.17, 15) is 14.0 Å². The number of halogens is 1. The minimum Gasteiger partial charge on any atom is -0.480 e. The molecule has 0 fully saturated rings. The molecule has 0 heterocycles. The van der Waals surface area contributed by atoms with Crippen LogP contribution < -0.4 is 0 Å². The average molecular weight is 196 g/mol. The van der Waals surface area contributed by atoms with Crippen LogP contribution in [0.2, 0.25) is 0 Å².